The highest BCUT2D eigenvalue weighted by atomic mass is 16.5. The molecule has 0 aliphatic carbocycles. The minimum atomic E-state index is -1.03. The number of fused-ring (bicyclic) bond motifs is 1. The summed E-state index contributed by atoms with van der Waals surface area (Å²) < 4.78 is 7.37. The third-order valence-electron chi connectivity index (χ3n) is 3.82. The van der Waals surface area contributed by atoms with E-state index in [0.29, 0.717) is 18.5 Å². The number of benzene rings is 1. The van der Waals surface area contributed by atoms with Gasteiger partial charge in [0.05, 0.1) is 6.61 Å². The zero-order valence-corrected chi connectivity index (χ0v) is 13.6. The van der Waals surface area contributed by atoms with Crippen molar-refractivity contribution in [3.63, 3.8) is 0 Å². The number of allylic oxidation sites excluding steroid dienone is 1. The molecule has 7 heteroatoms. The molecular weight excluding hydrogens is 308 g/mol. The highest BCUT2D eigenvalue weighted by molar-refractivity contribution is 5.90. The van der Waals surface area contributed by atoms with Crippen molar-refractivity contribution in [2.75, 3.05) is 11.9 Å². The first-order valence-electron chi connectivity index (χ1n) is 7.89. The van der Waals surface area contributed by atoms with Crippen LogP contribution in [0.25, 0.3) is 0 Å². The van der Waals surface area contributed by atoms with Gasteiger partial charge in [0.2, 0.25) is 5.95 Å². The highest BCUT2D eigenvalue weighted by Gasteiger charge is 2.25. The Bertz CT molecular complexity index is 749. The highest BCUT2D eigenvalue weighted by Crippen LogP contribution is 2.29. The molecule has 1 aromatic heterocycles. The lowest BCUT2D eigenvalue weighted by Crippen LogP contribution is -2.24. The van der Waals surface area contributed by atoms with Crippen molar-refractivity contribution in [3.8, 4) is 5.75 Å². The van der Waals surface area contributed by atoms with E-state index in [2.05, 4.69) is 29.2 Å². The van der Waals surface area contributed by atoms with Gasteiger partial charge >= 0.3 is 5.97 Å². The van der Waals surface area contributed by atoms with Crippen LogP contribution in [-0.2, 0) is 4.79 Å². The van der Waals surface area contributed by atoms with Gasteiger partial charge < -0.3 is 15.2 Å². The number of hydrogen-bond acceptors (Lipinski definition) is 5. The predicted octanol–water partition coefficient (Wildman–Crippen LogP) is 2.69. The third-order valence-corrected chi connectivity index (χ3v) is 3.82. The molecule has 2 heterocycles. The molecule has 0 unspecified atom stereocenters. The summed E-state index contributed by atoms with van der Waals surface area (Å²) in [5.74, 6) is 0.791. The summed E-state index contributed by atoms with van der Waals surface area (Å²) in [7, 11) is 0. The Balaban J connectivity index is 1.80. The van der Waals surface area contributed by atoms with Crippen LogP contribution in [0.2, 0.25) is 0 Å². The maximum Gasteiger partial charge on any atom is 0.352 e. The van der Waals surface area contributed by atoms with Crippen LogP contribution in [0.3, 0.4) is 0 Å². The molecule has 1 aliphatic rings. The molecule has 0 saturated carbocycles. The number of nitrogens with zero attached hydrogens (tertiary/aromatic N) is 3. The van der Waals surface area contributed by atoms with Gasteiger partial charge in [-0.1, -0.05) is 26.0 Å². The van der Waals surface area contributed by atoms with Gasteiger partial charge in [-0.3, -0.25) is 0 Å². The second-order valence-electron chi connectivity index (χ2n) is 6.08. The zero-order valence-electron chi connectivity index (χ0n) is 13.6. The molecule has 0 radical (unpaired) electrons. The maximum absolute atomic E-state index is 11.3. The smallest absolute Gasteiger partial charge is 0.352 e. The summed E-state index contributed by atoms with van der Waals surface area (Å²) in [5.41, 5.74) is 1.01. The van der Waals surface area contributed by atoms with Crippen molar-refractivity contribution in [3.05, 3.63) is 47.9 Å². The van der Waals surface area contributed by atoms with Crippen molar-refractivity contribution in [1.29, 1.82) is 0 Å². The lowest BCUT2D eigenvalue weighted by molar-refractivity contribution is -0.132. The average Bonchev–Trinajstić information content (AvgIpc) is 3.02. The monoisotopic (exact) mass is 328 g/mol. The lowest BCUT2D eigenvalue weighted by atomic mass is 10.0. The SMILES string of the molecule is CC(C)CCOc1ccc([C@@H]2C=C(C(=O)O)Nc3ncnn32)cc1. The Morgan fingerprint density at radius 3 is 2.79 bits per heavy atom. The van der Waals surface area contributed by atoms with E-state index >= 15 is 0 Å². The van der Waals surface area contributed by atoms with Crippen LogP contribution in [0.1, 0.15) is 31.9 Å². The minimum Gasteiger partial charge on any atom is -0.494 e. The molecule has 0 spiro atoms. The van der Waals surface area contributed by atoms with Gasteiger partial charge in [-0.2, -0.15) is 10.1 Å². The molecule has 1 aromatic carbocycles. The van der Waals surface area contributed by atoms with Crippen LogP contribution in [0, 0.1) is 5.92 Å². The summed E-state index contributed by atoms with van der Waals surface area (Å²) in [6.45, 7) is 5.00. The summed E-state index contributed by atoms with van der Waals surface area (Å²) in [6, 6.07) is 7.30. The van der Waals surface area contributed by atoms with E-state index in [0.717, 1.165) is 17.7 Å². The number of aliphatic carboxylic acids is 1. The van der Waals surface area contributed by atoms with Gasteiger partial charge in [-0.05, 0) is 36.1 Å². The second kappa shape index (κ2) is 6.74. The van der Waals surface area contributed by atoms with Crippen molar-refractivity contribution in [1.82, 2.24) is 14.8 Å². The molecule has 2 aromatic rings. The number of aromatic nitrogens is 3. The number of rotatable bonds is 6. The summed E-state index contributed by atoms with van der Waals surface area (Å²) >= 11 is 0. The zero-order chi connectivity index (χ0) is 17.1. The van der Waals surface area contributed by atoms with Gasteiger partial charge in [0, 0.05) is 0 Å². The fraction of sp³-hybridized carbons (Fsp3) is 0.353. The Kier molecular flexibility index (Phi) is 4.50. The molecule has 0 saturated heterocycles. The van der Waals surface area contributed by atoms with Crippen molar-refractivity contribution >= 4 is 11.9 Å². The average molecular weight is 328 g/mol. The second-order valence-corrected chi connectivity index (χ2v) is 6.08. The molecule has 24 heavy (non-hydrogen) atoms. The van der Waals surface area contributed by atoms with Crippen LogP contribution in [0.4, 0.5) is 5.95 Å². The molecule has 0 fully saturated rings. The molecular formula is C17H20N4O3. The van der Waals surface area contributed by atoms with Crippen molar-refractivity contribution < 1.29 is 14.6 Å². The predicted molar refractivity (Wildman–Crippen MR) is 88.9 cm³/mol. The first kappa shape index (κ1) is 16.0. The number of anilines is 1. The molecule has 7 nitrogen and oxygen atoms in total. The van der Waals surface area contributed by atoms with Crippen LogP contribution in [-0.4, -0.2) is 32.4 Å². The number of hydrogen-bond donors (Lipinski definition) is 2. The molecule has 2 N–H and O–H groups in total. The van der Waals surface area contributed by atoms with Gasteiger partial charge in [0.1, 0.15) is 23.8 Å². The standard InChI is InChI=1S/C17H20N4O3/c1-11(2)7-8-24-13-5-3-12(4-6-13)15-9-14(16(22)23)20-17-18-10-19-21(15)17/h3-6,9-11,15H,7-8H2,1-2H3,(H,22,23)(H,18,19,20)/t15-/m0/s1. The lowest BCUT2D eigenvalue weighted by Gasteiger charge is -2.22. The van der Waals surface area contributed by atoms with Crippen molar-refractivity contribution in [2.24, 2.45) is 5.92 Å². The summed E-state index contributed by atoms with van der Waals surface area (Å²) in [5, 5.41) is 16.2. The minimum absolute atomic E-state index is 0.0951. The Hall–Kier alpha value is -2.83. The van der Waals surface area contributed by atoms with Gasteiger partial charge in [0.25, 0.3) is 0 Å². The van der Waals surface area contributed by atoms with E-state index in [1.807, 2.05) is 24.3 Å². The van der Waals surface area contributed by atoms with E-state index in [1.54, 1.807) is 10.8 Å². The molecule has 0 amide bonds. The third kappa shape index (κ3) is 3.40. The van der Waals surface area contributed by atoms with E-state index < -0.39 is 5.97 Å². The molecule has 1 atom stereocenters. The Labute approximate surface area is 140 Å². The largest absolute Gasteiger partial charge is 0.494 e. The maximum atomic E-state index is 11.3. The van der Waals surface area contributed by atoms with Crippen LogP contribution < -0.4 is 10.1 Å². The first-order chi connectivity index (χ1) is 11.5. The summed E-state index contributed by atoms with van der Waals surface area (Å²) in [4.78, 5) is 15.3. The van der Waals surface area contributed by atoms with Gasteiger partial charge in [-0.15, -0.1) is 0 Å². The summed E-state index contributed by atoms with van der Waals surface area (Å²) in [6.07, 6.45) is 4.03. The van der Waals surface area contributed by atoms with Crippen LogP contribution in [0.5, 0.6) is 5.75 Å². The van der Waals surface area contributed by atoms with E-state index in [9.17, 15) is 9.90 Å². The van der Waals surface area contributed by atoms with Crippen LogP contribution in [0.15, 0.2) is 42.4 Å². The quantitative estimate of drug-likeness (QED) is 0.847. The Morgan fingerprint density at radius 2 is 2.12 bits per heavy atom. The van der Waals surface area contributed by atoms with E-state index in [4.69, 9.17) is 4.74 Å². The van der Waals surface area contributed by atoms with Gasteiger partial charge in [-0.25, -0.2) is 9.48 Å². The normalized spacial score (nSPS) is 16.3. The number of carbonyl (C=O) groups is 1. The van der Waals surface area contributed by atoms with Gasteiger partial charge in [0.15, 0.2) is 0 Å². The molecule has 3 rings (SSSR count). The Morgan fingerprint density at radius 1 is 1.38 bits per heavy atom. The van der Waals surface area contributed by atoms with Crippen molar-refractivity contribution in [2.45, 2.75) is 26.3 Å². The topological polar surface area (TPSA) is 89.3 Å². The number of carboxylic acid groups (broad SMARTS) is 1. The molecule has 1 aliphatic heterocycles. The van der Waals surface area contributed by atoms with Crippen LogP contribution >= 0.6 is 0 Å². The van der Waals surface area contributed by atoms with E-state index in [1.165, 1.54) is 6.33 Å². The number of ether oxygens (including phenoxy) is 1. The van der Waals surface area contributed by atoms with E-state index in [-0.39, 0.29) is 11.7 Å². The fourth-order valence-electron chi connectivity index (χ4n) is 2.47. The molecule has 0 bridgehead atoms. The molecule has 126 valence electrons. The fourth-order valence-corrected chi connectivity index (χ4v) is 2.47. The number of nitrogens with one attached hydrogen (secondary N) is 1. The number of carboxylic acids is 1. The first-order valence-corrected chi connectivity index (χ1v) is 7.89.